The van der Waals surface area contributed by atoms with Crippen LogP contribution in [0.2, 0.25) is 0 Å². The molecule has 2 atom stereocenters. The lowest BCUT2D eigenvalue weighted by molar-refractivity contribution is -0.155. The van der Waals surface area contributed by atoms with Gasteiger partial charge in [0.1, 0.15) is 12.6 Å². The van der Waals surface area contributed by atoms with Gasteiger partial charge in [-0.2, -0.15) is 0 Å². The first-order valence-electron chi connectivity index (χ1n) is 8.00. The summed E-state index contributed by atoms with van der Waals surface area (Å²) in [4.78, 5) is 39.5. The van der Waals surface area contributed by atoms with Crippen LogP contribution in [0.4, 0.5) is 0 Å². The Kier molecular flexibility index (Phi) is 4.80. The van der Waals surface area contributed by atoms with Gasteiger partial charge in [-0.05, 0) is 5.56 Å². The molecule has 3 rings (SSSR count). The molecule has 7 heteroatoms. The summed E-state index contributed by atoms with van der Waals surface area (Å²) in [6.07, 6.45) is 0.294. The standard InChI is InChI=1S/C17H21N3O4/c1-19-9-13(7-15(19)21)18-17(23)14-10-24-11-16(22)20(14)8-12-5-3-2-4-6-12/h2-6,13-14H,7-11H2,1H3,(H,18,23)/t13-,14-/m0/s1. The van der Waals surface area contributed by atoms with Gasteiger partial charge in [0.05, 0.1) is 12.6 Å². The lowest BCUT2D eigenvalue weighted by atomic mass is 10.1. The van der Waals surface area contributed by atoms with Crippen molar-refractivity contribution in [1.29, 1.82) is 0 Å². The first kappa shape index (κ1) is 16.4. The molecule has 128 valence electrons. The molecule has 0 aromatic heterocycles. The molecule has 0 bridgehead atoms. The van der Waals surface area contributed by atoms with Gasteiger partial charge in [-0.3, -0.25) is 14.4 Å². The fraction of sp³-hybridized carbons (Fsp3) is 0.471. The van der Waals surface area contributed by atoms with Crippen LogP contribution in [0, 0.1) is 0 Å². The molecule has 0 aliphatic carbocycles. The number of ether oxygens (including phenoxy) is 1. The molecular weight excluding hydrogens is 310 g/mol. The van der Waals surface area contributed by atoms with Crippen LogP contribution in [0.3, 0.4) is 0 Å². The van der Waals surface area contributed by atoms with Gasteiger partial charge in [0.25, 0.3) is 0 Å². The van der Waals surface area contributed by atoms with Crippen LogP contribution < -0.4 is 5.32 Å². The molecule has 0 spiro atoms. The van der Waals surface area contributed by atoms with Crippen molar-refractivity contribution in [2.45, 2.75) is 25.0 Å². The van der Waals surface area contributed by atoms with Crippen molar-refractivity contribution in [3.05, 3.63) is 35.9 Å². The zero-order chi connectivity index (χ0) is 17.1. The average molecular weight is 331 g/mol. The normalized spacial score (nSPS) is 24.4. The van der Waals surface area contributed by atoms with Crippen molar-refractivity contribution in [1.82, 2.24) is 15.1 Å². The van der Waals surface area contributed by atoms with Crippen LogP contribution in [0.5, 0.6) is 0 Å². The van der Waals surface area contributed by atoms with Gasteiger partial charge >= 0.3 is 0 Å². The highest BCUT2D eigenvalue weighted by molar-refractivity contribution is 5.90. The minimum Gasteiger partial charge on any atom is -0.369 e. The van der Waals surface area contributed by atoms with Crippen molar-refractivity contribution in [2.24, 2.45) is 0 Å². The third-order valence-electron chi connectivity index (χ3n) is 4.38. The van der Waals surface area contributed by atoms with Crippen LogP contribution >= 0.6 is 0 Å². The SMILES string of the molecule is CN1C[C@@H](NC(=O)[C@@H]2COCC(=O)N2Cc2ccccc2)CC1=O. The highest BCUT2D eigenvalue weighted by Crippen LogP contribution is 2.15. The summed E-state index contributed by atoms with van der Waals surface area (Å²) in [5.74, 6) is -0.464. The summed E-state index contributed by atoms with van der Waals surface area (Å²) >= 11 is 0. The van der Waals surface area contributed by atoms with Gasteiger partial charge in [-0.15, -0.1) is 0 Å². The van der Waals surface area contributed by atoms with Crippen LogP contribution in [0.25, 0.3) is 0 Å². The second-order valence-electron chi connectivity index (χ2n) is 6.22. The lowest BCUT2D eigenvalue weighted by Crippen LogP contribution is -2.57. The number of nitrogens with zero attached hydrogens (tertiary/aromatic N) is 2. The number of benzene rings is 1. The molecule has 0 radical (unpaired) electrons. The van der Waals surface area contributed by atoms with Crippen LogP contribution in [0.1, 0.15) is 12.0 Å². The Balaban J connectivity index is 1.68. The van der Waals surface area contributed by atoms with Crippen molar-refractivity contribution in [2.75, 3.05) is 26.8 Å². The molecule has 2 aliphatic rings. The number of nitrogens with one attached hydrogen (secondary N) is 1. The van der Waals surface area contributed by atoms with E-state index in [4.69, 9.17) is 4.74 Å². The van der Waals surface area contributed by atoms with Crippen LogP contribution in [-0.4, -0.2) is 66.4 Å². The Morgan fingerprint density at radius 3 is 2.67 bits per heavy atom. The van der Waals surface area contributed by atoms with Gasteiger partial charge in [0, 0.05) is 26.6 Å². The number of hydrogen-bond donors (Lipinski definition) is 1. The number of likely N-dealkylation sites (N-methyl/N-ethyl adjacent to an activating group) is 1. The predicted molar refractivity (Wildman–Crippen MR) is 85.8 cm³/mol. The molecule has 2 saturated heterocycles. The van der Waals surface area contributed by atoms with E-state index in [0.717, 1.165) is 5.56 Å². The zero-order valence-electron chi connectivity index (χ0n) is 13.6. The molecule has 2 fully saturated rings. The van der Waals surface area contributed by atoms with Gasteiger partial charge in [-0.1, -0.05) is 30.3 Å². The second kappa shape index (κ2) is 7.00. The Bertz CT molecular complexity index is 634. The van der Waals surface area contributed by atoms with Gasteiger partial charge in [0.2, 0.25) is 17.7 Å². The number of likely N-dealkylation sites (tertiary alicyclic amines) is 1. The summed E-state index contributed by atoms with van der Waals surface area (Å²) < 4.78 is 5.26. The fourth-order valence-electron chi connectivity index (χ4n) is 3.06. The molecule has 7 nitrogen and oxygen atoms in total. The maximum atomic E-state index is 12.6. The molecule has 1 N–H and O–H groups in total. The molecule has 1 aromatic rings. The third kappa shape index (κ3) is 3.56. The van der Waals surface area contributed by atoms with Crippen LogP contribution in [-0.2, 0) is 25.7 Å². The molecule has 3 amide bonds. The molecule has 0 saturated carbocycles. The Morgan fingerprint density at radius 1 is 1.25 bits per heavy atom. The number of hydrogen-bond acceptors (Lipinski definition) is 4. The highest BCUT2D eigenvalue weighted by atomic mass is 16.5. The van der Waals surface area contributed by atoms with Crippen molar-refractivity contribution in [3.8, 4) is 0 Å². The lowest BCUT2D eigenvalue weighted by Gasteiger charge is -2.35. The summed E-state index contributed by atoms with van der Waals surface area (Å²) in [5.41, 5.74) is 0.960. The number of carbonyl (C=O) groups excluding carboxylic acids is 3. The molecule has 0 unspecified atom stereocenters. The summed E-state index contributed by atoms with van der Waals surface area (Å²) in [7, 11) is 1.71. The van der Waals surface area contributed by atoms with E-state index >= 15 is 0 Å². The minimum atomic E-state index is -0.674. The largest absolute Gasteiger partial charge is 0.369 e. The average Bonchev–Trinajstić information content (AvgIpc) is 2.88. The van der Waals surface area contributed by atoms with E-state index in [0.29, 0.717) is 19.5 Å². The highest BCUT2D eigenvalue weighted by Gasteiger charge is 2.36. The fourth-order valence-corrected chi connectivity index (χ4v) is 3.06. The van der Waals surface area contributed by atoms with Crippen molar-refractivity contribution >= 4 is 17.7 Å². The number of carbonyl (C=O) groups is 3. The summed E-state index contributed by atoms with van der Waals surface area (Å²) in [6, 6.07) is 8.65. The van der Waals surface area contributed by atoms with E-state index < -0.39 is 6.04 Å². The minimum absolute atomic E-state index is 0.0115. The van der Waals surface area contributed by atoms with E-state index in [1.54, 1.807) is 16.8 Å². The van der Waals surface area contributed by atoms with Crippen molar-refractivity contribution in [3.63, 3.8) is 0 Å². The second-order valence-corrected chi connectivity index (χ2v) is 6.22. The van der Waals surface area contributed by atoms with Crippen LogP contribution in [0.15, 0.2) is 30.3 Å². The molecule has 2 heterocycles. The van der Waals surface area contributed by atoms with E-state index in [1.807, 2.05) is 30.3 Å². The quantitative estimate of drug-likeness (QED) is 0.826. The maximum Gasteiger partial charge on any atom is 0.249 e. The maximum absolute atomic E-state index is 12.6. The summed E-state index contributed by atoms with van der Waals surface area (Å²) in [5, 5.41) is 2.87. The Labute approximate surface area is 140 Å². The van der Waals surface area contributed by atoms with E-state index in [9.17, 15) is 14.4 Å². The molecule has 24 heavy (non-hydrogen) atoms. The zero-order valence-corrected chi connectivity index (χ0v) is 13.6. The molecule has 1 aromatic carbocycles. The predicted octanol–water partition coefficient (Wildman–Crippen LogP) is -0.239. The van der Waals surface area contributed by atoms with Gasteiger partial charge in [-0.25, -0.2) is 0 Å². The monoisotopic (exact) mass is 331 g/mol. The molecule has 2 aliphatic heterocycles. The van der Waals surface area contributed by atoms with Gasteiger partial charge < -0.3 is 19.9 Å². The Morgan fingerprint density at radius 2 is 2.00 bits per heavy atom. The van der Waals surface area contributed by atoms with Gasteiger partial charge in [0.15, 0.2) is 0 Å². The number of morpholine rings is 1. The van der Waals surface area contributed by atoms with E-state index in [-0.39, 0.29) is 37.0 Å². The van der Waals surface area contributed by atoms with E-state index in [2.05, 4.69) is 5.32 Å². The summed E-state index contributed by atoms with van der Waals surface area (Å²) in [6.45, 7) is 1.01. The molecular formula is C17H21N3O4. The third-order valence-corrected chi connectivity index (χ3v) is 4.38. The van der Waals surface area contributed by atoms with Crippen molar-refractivity contribution < 1.29 is 19.1 Å². The first-order chi connectivity index (χ1) is 11.5. The smallest absolute Gasteiger partial charge is 0.249 e. The van der Waals surface area contributed by atoms with E-state index in [1.165, 1.54) is 0 Å². The Hall–Kier alpha value is -2.41. The topological polar surface area (TPSA) is 79.0 Å². The first-order valence-corrected chi connectivity index (χ1v) is 8.00. The number of rotatable bonds is 4. The number of amides is 3.